The van der Waals surface area contributed by atoms with E-state index in [0.29, 0.717) is 22.6 Å². The number of hydrazone groups is 1. The van der Waals surface area contributed by atoms with Crippen LogP contribution in [0.15, 0.2) is 88.4 Å². The van der Waals surface area contributed by atoms with Crippen LogP contribution in [0.2, 0.25) is 0 Å². The lowest BCUT2D eigenvalue weighted by Gasteiger charge is -2.06. The maximum atomic E-state index is 12.3. The Hall–Kier alpha value is -3.71. The Morgan fingerprint density at radius 3 is 2.58 bits per heavy atom. The molecule has 7 heteroatoms. The zero-order chi connectivity index (χ0) is 22.1. The van der Waals surface area contributed by atoms with Crippen molar-refractivity contribution in [2.45, 2.75) is 0 Å². The number of hydrogen-bond acceptors (Lipinski definition) is 5. The zero-order valence-corrected chi connectivity index (χ0v) is 18.2. The molecule has 0 unspecified atom stereocenters. The number of rotatable bonds is 7. The number of esters is 1. The Labute approximate surface area is 188 Å². The SMILES string of the molecule is COc1cccc(C(=O)NN=Cc2cc(Br)ccc2OC(=O)C=Cc2ccccc2)c1. The summed E-state index contributed by atoms with van der Waals surface area (Å²) in [6.07, 6.45) is 4.43. The van der Waals surface area contributed by atoms with Crippen molar-refractivity contribution in [3.63, 3.8) is 0 Å². The van der Waals surface area contributed by atoms with Crippen LogP contribution in [0.25, 0.3) is 6.08 Å². The molecule has 31 heavy (non-hydrogen) atoms. The fourth-order valence-corrected chi connectivity index (χ4v) is 2.95. The van der Waals surface area contributed by atoms with Crippen LogP contribution in [-0.2, 0) is 4.79 Å². The molecule has 0 fully saturated rings. The van der Waals surface area contributed by atoms with Crippen molar-refractivity contribution in [3.8, 4) is 11.5 Å². The van der Waals surface area contributed by atoms with Crippen molar-refractivity contribution in [2.24, 2.45) is 5.10 Å². The molecule has 0 saturated heterocycles. The number of benzene rings is 3. The number of amides is 1. The average Bonchev–Trinajstić information content (AvgIpc) is 2.80. The van der Waals surface area contributed by atoms with E-state index in [1.807, 2.05) is 30.3 Å². The Bertz CT molecular complexity index is 1130. The van der Waals surface area contributed by atoms with E-state index in [-0.39, 0.29) is 0 Å². The van der Waals surface area contributed by atoms with Gasteiger partial charge < -0.3 is 9.47 Å². The van der Waals surface area contributed by atoms with Crippen LogP contribution in [0, 0.1) is 0 Å². The third kappa shape index (κ3) is 6.65. The number of carbonyl (C=O) groups is 2. The first-order valence-corrected chi connectivity index (χ1v) is 10.1. The van der Waals surface area contributed by atoms with E-state index < -0.39 is 11.9 Å². The molecule has 0 aliphatic carbocycles. The molecule has 0 aliphatic rings. The molecule has 0 saturated carbocycles. The summed E-state index contributed by atoms with van der Waals surface area (Å²) in [4.78, 5) is 24.5. The van der Waals surface area contributed by atoms with Crippen molar-refractivity contribution in [2.75, 3.05) is 7.11 Å². The van der Waals surface area contributed by atoms with Gasteiger partial charge >= 0.3 is 5.97 Å². The molecule has 0 spiro atoms. The van der Waals surface area contributed by atoms with Crippen LogP contribution in [0.1, 0.15) is 21.5 Å². The summed E-state index contributed by atoms with van der Waals surface area (Å²) in [5, 5.41) is 3.98. The van der Waals surface area contributed by atoms with Gasteiger partial charge in [0.25, 0.3) is 5.91 Å². The monoisotopic (exact) mass is 478 g/mol. The molecule has 0 atom stereocenters. The fourth-order valence-electron chi connectivity index (χ4n) is 2.57. The highest BCUT2D eigenvalue weighted by Crippen LogP contribution is 2.22. The van der Waals surface area contributed by atoms with Gasteiger partial charge in [-0.3, -0.25) is 4.79 Å². The number of nitrogens with zero attached hydrogens (tertiary/aromatic N) is 1. The van der Waals surface area contributed by atoms with E-state index >= 15 is 0 Å². The van der Waals surface area contributed by atoms with Gasteiger partial charge in [0.1, 0.15) is 11.5 Å². The van der Waals surface area contributed by atoms with Crippen LogP contribution in [-0.4, -0.2) is 25.2 Å². The summed E-state index contributed by atoms with van der Waals surface area (Å²) in [7, 11) is 1.53. The fraction of sp³-hybridized carbons (Fsp3) is 0.0417. The Morgan fingerprint density at radius 1 is 1.00 bits per heavy atom. The highest BCUT2D eigenvalue weighted by Gasteiger charge is 2.08. The van der Waals surface area contributed by atoms with E-state index in [0.717, 1.165) is 10.0 Å². The lowest BCUT2D eigenvalue weighted by atomic mass is 10.2. The molecule has 0 aromatic heterocycles. The van der Waals surface area contributed by atoms with Crippen LogP contribution >= 0.6 is 15.9 Å². The van der Waals surface area contributed by atoms with Crippen LogP contribution in [0.4, 0.5) is 0 Å². The van der Waals surface area contributed by atoms with Gasteiger partial charge in [0, 0.05) is 21.7 Å². The molecular weight excluding hydrogens is 460 g/mol. The molecule has 6 nitrogen and oxygen atoms in total. The number of carbonyl (C=O) groups excluding carboxylic acids is 2. The first-order valence-electron chi connectivity index (χ1n) is 9.27. The number of hydrogen-bond donors (Lipinski definition) is 1. The molecule has 1 N–H and O–H groups in total. The van der Waals surface area contributed by atoms with Crippen LogP contribution in [0.5, 0.6) is 11.5 Å². The third-order valence-electron chi connectivity index (χ3n) is 4.10. The Balaban J connectivity index is 1.68. The minimum absolute atomic E-state index is 0.310. The number of ether oxygens (including phenoxy) is 2. The van der Waals surface area contributed by atoms with Gasteiger partial charge in [-0.25, -0.2) is 10.2 Å². The lowest BCUT2D eigenvalue weighted by molar-refractivity contribution is -0.128. The quantitative estimate of drug-likeness (QED) is 0.173. The third-order valence-corrected chi connectivity index (χ3v) is 4.59. The van der Waals surface area contributed by atoms with Gasteiger partial charge in [0.05, 0.1) is 13.3 Å². The first-order chi connectivity index (χ1) is 15.0. The molecule has 1 amide bonds. The Morgan fingerprint density at radius 2 is 1.81 bits per heavy atom. The maximum absolute atomic E-state index is 12.3. The van der Waals surface area contributed by atoms with Crippen molar-refractivity contribution in [3.05, 3.63) is 100 Å². The van der Waals surface area contributed by atoms with Crippen molar-refractivity contribution < 1.29 is 19.1 Å². The minimum Gasteiger partial charge on any atom is -0.497 e. The molecule has 0 radical (unpaired) electrons. The summed E-state index contributed by atoms with van der Waals surface area (Å²) >= 11 is 3.38. The van der Waals surface area contributed by atoms with Crippen molar-refractivity contribution in [1.82, 2.24) is 5.43 Å². The molecule has 3 rings (SSSR count). The van der Waals surface area contributed by atoms with E-state index in [1.165, 1.54) is 19.4 Å². The molecule has 0 heterocycles. The van der Waals surface area contributed by atoms with Gasteiger partial charge in [0.2, 0.25) is 0 Å². The molecular formula is C24H19BrN2O4. The predicted octanol–water partition coefficient (Wildman–Crippen LogP) is 4.84. The van der Waals surface area contributed by atoms with Gasteiger partial charge in [-0.15, -0.1) is 0 Å². The van der Waals surface area contributed by atoms with Crippen LogP contribution in [0.3, 0.4) is 0 Å². The molecule has 0 aliphatic heterocycles. The summed E-state index contributed by atoms with van der Waals surface area (Å²) in [6.45, 7) is 0. The summed E-state index contributed by atoms with van der Waals surface area (Å²) in [5.74, 6) is -0.0394. The standard InChI is InChI=1S/C24H19BrN2O4/c1-30-21-9-5-8-18(15-21)24(29)27-26-16-19-14-20(25)11-12-22(19)31-23(28)13-10-17-6-3-2-4-7-17/h2-16H,1H3,(H,27,29). The molecule has 0 bridgehead atoms. The molecule has 3 aromatic carbocycles. The summed E-state index contributed by atoms with van der Waals surface area (Å²) in [6, 6.07) is 21.3. The molecule has 156 valence electrons. The smallest absolute Gasteiger partial charge is 0.336 e. The van der Waals surface area contributed by atoms with Crippen molar-refractivity contribution >= 4 is 40.1 Å². The second-order valence-electron chi connectivity index (χ2n) is 6.28. The summed E-state index contributed by atoms with van der Waals surface area (Å²) in [5.41, 5.74) is 4.26. The largest absolute Gasteiger partial charge is 0.497 e. The maximum Gasteiger partial charge on any atom is 0.336 e. The van der Waals surface area contributed by atoms with Gasteiger partial charge in [0.15, 0.2) is 0 Å². The van der Waals surface area contributed by atoms with Gasteiger partial charge in [-0.2, -0.15) is 5.10 Å². The van der Waals surface area contributed by atoms with E-state index in [9.17, 15) is 9.59 Å². The van der Waals surface area contributed by atoms with E-state index in [4.69, 9.17) is 9.47 Å². The highest BCUT2D eigenvalue weighted by atomic mass is 79.9. The van der Waals surface area contributed by atoms with E-state index in [2.05, 4.69) is 26.5 Å². The number of methoxy groups -OCH3 is 1. The zero-order valence-electron chi connectivity index (χ0n) is 16.6. The Kier molecular flexibility index (Phi) is 7.73. The van der Waals surface area contributed by atoms with Gasteiger partial charge in [-0.1, -0.05) is 52.3 Å². The predicted molar refractivity (Wildman–Crippen MR) is 123 cm³/mol. The lowest BCUT2D eigenvalue weighted by Crippen LogP contribution is -2.17. The summed E-state index contributed by atoms with van der Waals surface area (Å²) < 4.78 is 11.3. The highest BCUT2D eigenvalue weighted by molar-refractivity contribution is 9.10. The second-order valence-corrected chi connectivity index (χ2v) is 7.19. The van der Waals surface area contributed by atoms with E-state index in [1.54, 1.807) is 48.5 Å². The van der Waals surface area contributed by atoms with Crippen LogP contribution < -0.4 is 14.9 Å². The normalized spacial score (nSPS) is 10.9. The average molecular weight is 479 g/mol. The first kappa shape index (κ1) is 22.0. The minimum atomic E-state index is -0.527. The number of halogens is 1. The number of nitrogens with one attached hydrogen (secondary N) is 1. The molecule has 3 aromatic rings. The van der Waals surface area contributed by atoms with Crippen molar-refractivity contribution in [1.29, 1.82) is 0 Å². The topological polar surface area (TPSA) is 77.0 Å². The second kappa shape index (κ2) is 10.9. The van der Waals surface area contributed by atoms with Gasteiger partial charge in [-0.05, 0) is 48.0 Å².